The minimum Gasteiger partial charge on any atom is -0.478 e. The van der Waals surface area contributed by atoms with Crippen molar-refractivity contribution in [2.75, 3.05) is 18.4 Å². The monoisotopic (exact) mass is 279 g/mol. The molecule has 0 saturated carbocycles. The molecule has 0 aliphatic heterocycles. The molecule has 3 amide bonds. The maximum atomic E-state index is 11.6. The first-order valence-electron chi connectivity index (χ1n) is 6.10. The normalized spacial score (nSPS) is 9.70. The number of carbonyl (C=O) groups excluding carboxylic acids is 2. The van der Waals surface area contributed by atoms with E-state index >= 15 is 0 Å². The summed E-state index contributed by atoms with van der Waals surface area (Å²) in [5.74, 6) is -1.44. The molecule has 1 aromatic carbocycles. The summed E-state index contributed by atoms with van der Waals surface area (Å²) in [5.41, 5.74) is 0.755. The van der Waals surface area contributed by atoms with Crippen LogP contribution in [0.2, 0.25) is 0 Å². The molecule has 0 fully saturated rings. The zero-order valence-corrected chi connectivity index (χ0v) is 11.3. The summed E-state index contributed by atoms with van der Waals surface area (Å²) in [7, 11) is 0. The maximum Gasteiger partial charge on any atom is 0.338 e. The summed E-state index contributed by atoms with van der Waals surface area (Å²) in [6, 6.07) is 4.13. The van der Waals surface area contributed by atoms with Gasteiger partial charge in [-0.25, -0.2) is 9.59 Å². The lowest BCUT2D eigenvalue weighted by atomic mass is 10.1. The highest BCUT2D eigenvalue weighted by Crippen LogP contribution is 2.19. The van der Waals surface area contributed by atoms with Crippen LogP contribution < -0.4 is 16.0 Å². The van der Waals surface area contributed by atoms with Crippen molar-refractivity contribution < 1.29 is 19.5 Å². The highest BCUT2D eigenvalue weighted by molar-refractivity contribution is 6.01. The molecular weight excluding hydrogens is 262 g/mol. The first-order chi connectivity index (χ1) is 9.45. The number of hydrogen-bond donors (Lipinski definition) is 4. The van der Waals surface area contributed by atoms with Gasteiger partial charge < -0.3 is 21.1 Å². The Morgan fingerprint density at radius 2 is 1.90 bits per heavy atom. The Morgan fingerprint density at radius 3 is 2.50 bits per heavy atom. The van der Waals surface area contributed by atoms with Crippen LogP contribution in [-0.2, 0) is 4.79 Å². The summed E-state index contributed by atoms with van der Waals surface area (Å²) < 4.78 is 0. The van der Waals surface area contributed by atoms with Crippen LogP contribution in [0.15, 0.2) is 18.2 Å². The predicted molar refractivity (Wildman–Crippen MR) is 73.8 cm³/mol. The Balaban J connectivity index is 2.69. The van der Waals surface area contributed by atoms with Gasteiger partial charge in [0.2, 0.25) is 5.91 Å². The number of likely N-dealkylation sites (N-methyl/N-ethyl adjacent to an activating group) is 1. The van der Waals surface area contributed by atoms with Gasteiger partial charge in [-0.2, -0.15) is 0 Å². The number of urea groups is 1. The number of rotatable bonds is 5. The van der Waals surface area contributed by atoms with Crippen molar-refractivity contribution >= 4 is 23.6 Å². The van der Waals surface area contributed by atoms with Crippen molar-refractivity contribution in [1.29, 1.82) is 0 Å². The zero-order valence-electron chi connectivity index (χ0n) is 11.3. The molecule has 0 aromatic heterocycles. The SMILES string of the molecule is CCNC(=O)CNC(=O)Nc1cccc(C)c1C(=O)O. The van der Waals surface area contributed by atoms with E-state index < -0.39 is 12.0 Å². The van der Waals surface area contributed by atoms with Gasteiger partial charge in [0.25, 0.3) is 0 Å². The van der Waals surface area contributed by atoms with Crippen LogP contribution >= 0.6 is 0 Å². The lowest BCUT2D eigenvalue weighted by Crippen LogP contribution is -2.39. The standard InChI is InChI=1S/C13H17N3O4/c1-3-14-10(17)7-15-13(20)16-9-6-4-5-8(2)11(9)12(18)19/h4-6H,3,7H2,1-2H3,(H,14,17)(H,18,19)(H2,15,16,20). The number of aryl methyl sites for hydroxylation is 1. The number of carbonyl (C=O) groups is 3. The highest BCUT2D eigenvalue weighted by atomic mass is 16.4. The highest BCUT2D eigenvalue weighted by Gasteiger charge is 2.14. The molecule has 7 nitrogen and oxygen atoms in total. The zero-order chi connectivity index (χ0) is 15.1. The molecule has 108 valence electrons. The minimum absolute atomic E-state index is 0.0284. The van der Waals surface area contributed by atoms with Crippen molar-refractivity contribution in [3.63, 3.8) is 0 Å². The van der Waals surface area contributed by atoms with Crippen molar-refractivity contribution in [2.45, 2.75) is 13.8 Å². The Hall–Kier alpha value is -2.57. The van der Waals surface area contributed by atoms with Crippen LogP contribution in [0, 0.1) is 6.92 Å². The Labute approximate surface area is 116 Å². The van der Waals surface area contributed by atoms with E-state index in [1.165, 1.54) is 6.07 Å². The van der Waals surface area contributed by atoms with Crippen LogP contribution in [0.3, 0.4) is 0 Å². The smallest absolute Gasteiger partial charge is 0.338 e. The molecule has 0 aliphatic carbocycles. The summed E-state index contributed by atoms with van der Waals surface area (Å²) in [6.45, 7) is 3.71. The third-order valence-electron chi connectivity index (χ3n) is 2.52. The molecular formula is C13H17N3O4. The van der Waals surface area contributed by atoms with Crippen molar-refractivity contribution in [3.8, 4) is 0 Å². The van der Waals surface area contributed by atoms with Gasteiger partial charge in [-0.1, -0.05) is 12.1 Å². The molecule has 0 radical (unpaired) electrons. The third-order valence-corrected chi connectivity index (χ3v) is 2.52. The van der Waals surface area contributed by atoms with Gasteiger partial charge in [-0.15, -0.1) is 0 Å². The number of benzene rings is 1. The van der Waals surface area contributed by atoms with Gasteiger partial charge in [0.15, 0.2) is 0 Å². The molecule has 0 aliphatic rings. The van der Waals surface area contributed by atoms with Gasteiger partial charge in [-0.3, -0.25) is 4.79 Å². The average molecular weight is 279 g/mol. The quantitative estimate of drug-likeness (QED) is 0.643. The van der Waals surface area contributed by atoms with Crippen LogP contribution in [0.1, 0.15) is 22.8 Å². The molecule has 1 aromatic rings. The summed E-state index contributed by atoms with van der Waals surface area (Å²) in [4.78, 5) is 33.9. The van der Waals surface area contributed by atoms with Gasteiger partial charge >= 0.3 is 12.0 Å². The van der Waals surface area contributed by atoms with Crippen LogP contribution in [-0.4, -0.2) is 36.1 Å². The van der Waals surface area contributed by atoms with Gasteiger partial charge in [-0.05, 0) is 25.5 Å². The lowest BCUT2D eigenvalue weighted by Gasteiger charge is -2.11. The molecule has 0 bridgehead atoms. The number of aromatic carboxylic acids is 1. The number of nitrogens with one attached hydrogen (secondary N) is 3. The molecule has 7 heteroatoms. The maximum absolute atomic E-state index is 11.6. The first kappa shape index (κ1) is 15.5. The molecule has 4 N–H and O–H groups in total. The second-order valence-electron chi connectivity index (χ2n) is 4.06. The van der Waals surface area contributed by atoms with Crippen molar-refractivity contribution in [1.82, 2.24) is 10.6 Å². The number of carboxylic acid groups (broad SMARTS) is 1. The average Bonchev–Trinajstić information content (AvgIpc) is 2.36. The van der Waals surface area contributed by atoms with Gasteiger partial charge in [0.1, 0.15) is 0 Å². The predicted octanol–water partition coefficient (Wildman–Crippen LogP) is 0.951. The van der Waals surface area contributed by atoms with Crippen LogP contribution in [0.25, 0.3) is 0 Å². The van der Waals surface area contributed by atoms with Crippen LogP contribution in [0.4, 0.5) is 10.5 Å². The van der Waals surface area contributed by atoms with E-state index in [2.05, 4.69) is 16.0 Å². The van der Waals surface area contributed by atoms with Gasteiger partial charge in [0, 0.05) is 6.54 Å². The largest absolute Gasteiger partial charge is 0.478 e. The van der Waals surface area contributed by atoms with Crippen molar-refractivity contribution in [2.24, 2.45) is 0 Å². The second-order valence-corrected chi connectivity index (χ2v) is 4.06. The summed E-state index contributed by atoms with van der Waals surface area (Å²) >= 11 is 0. The van der Waals surface area contributed by atoms with E-state index in [1.807, 2.05) is 0 Å². The van der Waals surface area contributed by atoms with Crippen molar-refractivity contribution in [3.05, 3.63) is 29.3 Å². The molecule has 0 heterocycles. The third kappa shape index (κ3) is 4.27. The van der Waals surface area contributed by atoms with E-state index in [1.54, 1.807) is 26.0 Å². The van der Waals surface area contributed by atoms with E-state index in [4.69, 9.17) is 5.11 Å². The molecule has 0 spiro atoms. The second kappa shape index (κ2) is 7.13. The molecule has 0 saturated heterocycles. The Bertz CT molecular complexity index is 528. The van der Waals surface area contributed by atoms with E-state index in [0.717, 1.165) is 0 Å². The summed E-state index contributed by atoms with van der Waals surface area (Å²) in [6.07, 6.45) is 0. The fourth-order valence-electron chi connectivity index (χ4n) is 1.64. The molecule has 1 rings (SSSR count). The number of carboxylic acids is 1. The van der Waals surface area contributed by atoms with E-state index in [-0.39, 0.29) is 23.7 Å². The molecule has 20 heavy (non-hydrogen) atoms. The van der Waals surface area contributed by atoms with E-state index in [0.29, 0.717) is 12.1 Å². The fraction of sp³-hybridized carbons (Fsp3) is 0.308. The van der Waals surface area contributed by atoms with E-state index in [9.17, 15) is 14.4 Å². The topological polar surface area (TPSA) is 108 Å². The summed E-state index contributed by atoms with van der Waals surface area (Å²) in [5, 5.41) is 16.4. The van der Waals surface area contributed by atoms with Gasteiger partial charge in [0.05, 0.1) is 17.8 Å². The Kier molecular flexibility index (Phi) is 5.52. The lowest BCUT2D eigenvalue weighted by molar-refractivity contribution is -0.119. The minimum atomic E-state index is -1.12. The number of hydrogen-bond acceptors (Lipinski definition) is 3. The molecule has 0 unspecified atom stereocenters. The number of anilines is 1. The van der Waals surface area contributed by atoms with Crippen LogP contribution in [0.5, 0.6) is 0 Å². The molecule has 0 atom stereocenters. The fourth-order valence-corrected chi connectivity index (χ4v) is 1.64. The first-order valence-corrected chi connectivity index (χ1v) is 6.10. The number of amides is 3. The Morgan fingerprint density at radius 1 is 1.20 bits per heavy atom.